The number of benzene rings is 1. The van der Waals surface area contributed by atoms with Gasteiger partial charge in [-0.3, -0.25) is 0 Å². The Bertz CT molecular complexity index is 532. The van der Waals surface area contributed by atoms with Crippen LogP contribution in [0.2, 0.25) is 0 Å². The SMILES string of the molecule is CC1=Cc2ccccc2Cn2cccc21. The Hall–Kier alpha value is -1.76. The van der Waals surface area contributed by atoms with Crippen LogP contribution in [-0.2, 0) is 6.54 Å². The zero-order valence-electron chi connectivity index (χ0n) is 8.77. The largest absolute Gasteiger partial charge is 0.343 e. The van der Waals surface area contributed by atoms with E-state index in [0.29, 0.717) is 0 Å². The van der Waals surface area contributed by atoms with E-state index < -0.39 is 0 Å². The molecule has 0 atom stereocenters. The van der Waals surface area contributed by atoms with Crippen molar-refractivity contribution in [3.8, 4) is 0 Å². The molecular weight excluding hydrogens is 182 g/mol. The molecule has 0 spiro atoms. The van der Waals surface area contributed by atoms with Crippen molar-refractivity contribution < 1.29 is 0 Å². The number of hydrogen-bond acceptors (Lipinski definition) is 0. The Kier molecular flexibility index (Phi) is 1.78. The molecule has 74 valence electrons. The molecule has 1 aliphatic heterocycles. The summed E-state index contributed by atoms with van der Waals surface area (Å²) in [4.78, 5) is 0. The minimum Gasteiger partial charge on any atom is -0.343 e. The van der Waals surface area contributed by atoms with E-state index in [0.717, 1.165) is 6.54 Å². The second-order valence-electron chi connectivity index (χ2n) is 4.05. The molecule has 2 heterocycles. The molecule has 1 nitrogen and oxygen atoms in total. The van der Waals surface area contributed by atoms with E-state index in [1.54, 1.807) is 0 Å². The summed E-state index contributed by atoms with van der Waals surface area (Å²) in [7, 11) is 0. The van der Waals surface area contributed by atoms with Gasteiger partial charge < -0.3 is 4.57 Å². The van der Waals surface area contributed by atoms with Crippen LogP contribution in [0.5, 0.6) is 0 Å². The highest BCUT2D eigenvalue weighted by Gasteiger charge is 2.10. The summed E-state index contributed by atoms with van der Waals surface area (Å²) < 4.78 is 2.30. The van der Waals surface area contributed by atoms with Crippen molar-refractivity contribution in [1.29, 1.82) is 0 Å². The molecule has 0 aliphatic carbocycles. The Morgan fingerprint density at radius 1 is 1.07 bits per heavy atom. The van der Waals surface area contributed by atoms with Crippen LogP contribution in [0.3, 0.4) is 0 Å². The maximum atomic E-state index is 2.30. The van der Waals surface area contributed by atoms with Crippen LogP contribution >= 0.6 is 0 Å². The summed E-state index contributed by atoms with van der Waals surface area (Å²) in [5, 5.41) is 0. The summed E-state index contributed by atoms with van der Waals surface area (Å²) >= 11 is 0. The number of rotatable bonds is 0. The predicted molar refractivity (Wildman–Crippen MR) is 63.5 cm³/mol. The molecule has 0 N–H and O–H groups in total. The normalized spacial score (nSPS) is 13.8. The monoisotopic (exact) mass is 195 g/mol. The van der Waals surface area contributed by atoms with E-state index in [9.17, 15) is 0 Å². The van der Waals surface area contributed by atoms with E-state index in [1.807, 2.05) is 0 Å². The van der Waals surface area contributed by atoms with E-state index in [1.165, 1.54) is 22.4 Å². The van der Waals surface area contributed by atoms with Gasteiger partial charge in [0.05, 0.1) is 0 Å². The van der Waals surface area contributed by atoms with Crippen LogP contribution in [-0.4, -0.2) is 4.57 Å². The number of allylic oxidation sites excluding steroid dienone is 1. The second-order valence-corrected chi connectivity index (χ2v) is 4.05. The highest BCUT2D eigenvalue weighted by atomic mass is 15.0. The highest BCUT2D eigenvalue weighted by Crippen LogP contribution is 2.25. The molecule has 1 aromatic carbocycles. The molecule has 0 unspecified atom stereocenters. The van der Waals surface area contributed by atoms with Crippen LogP contribution in [0, 0.1) is 0 Å². The highest BCUT2D eigenvalue weighted by molar-refractivity contribution is 5.81. The minimum atomic E-state index is 0.979. The van der Waals surface area contributed by atoms with Crippen LogP contribution in [0.15, 0.2) is 42.6 Å². The first-order valence-corrected chi connectivity index (χ1v) is 5.26. The minimum absolute atomic E-state index is 0.979. The summed E-state index contributed by atoms with van der Waals surface area (Å²) in [5.74, 6) is 0. The average Bonchev–Trinajstić information content (AvgIpc) is 2.64. The molecule has 1 aromatic heterocycles. The lowest BCUT2D eigenvalue weighted by Gasteiger charge is -2.06. The summed E-state index contributed by atoms with van der Waals surface area (Å²) in [6, 6.07) is 12.9. The molecule has 0 fully saturated rings. The summed E-state index contributed by atoms with van der Waals surface area (Å²) in [5.41, 5.74) is 5.40. The standard InChI is InChI=1S/C14H13N/c1-11-9-12-5-2-3-6-13(12)10-15-8-4-7-14(11)15/h2-9H,10H2,1H3. The van der Waals surface area contributed by atoms with Crippen molar-refractivity contribution in [2.45, 2.75) is 13.5 Å². The van der Waals surface area contributed by atoms with Gasteiger partial charge in [0, 0.05) is 18.4 Å². The molecule has 0 radical (unpaired) electrons. The first-order chi connectivity index (χ1) is 7.34. The molecular formula is C14H13N. The van der Waals surface area contributed by atoms with E-state index in [4.69, 9.17) is 0 Å². The fourth-order valence-corrected chi connectivity index (χ4v) is 2.22. The predicted octanol–water partition coefficient (Wildman–Crippen LogP) is 3.41. The lowest BCUT2D eigenvalue weighted by atomic mass is 10.1. The topological polar surface area (TPSA) is 4.93 Å². The zero-order valence-corrected chi connectivity index (χ0v) is 8.77. The number of aromatic nitrogens is 1. The number of fused-ring (bicyclic) bond motifs is 2. The molecule has 0 saturated carbocycles. The van der Waals surface area contributed by atoms with Crippen molar-refractivity contribution in [2.75, 3.05) is 0 Å². The van der Waals surface area contributed by atoms with E-state index in [-0.39, 0.29) is 0 Å². The maximum absolute atomic E-state index is 2.30. The molecule has 2 aromatic rings. The lowest BCUT2D eigenvalue weighted by Crippen LogP contribution is -2.00. The van der Waals surface area contributed by atoms with Gasteiger partial charge in [0.15, 0.2) is 0 Å². The van der Waals surface area contributed by atoms with Crippen LogP contribution in [0.1, 0.15) is 23.7 Å². The molecule has 0 bridgehead atoms. The first kappa shape index (κ1) is 8.54. The van der Waals surface area contributed by atoms with Crippen molar-refractivity contribution in [3.63, 3.8) is 0 Å². The Labute approximate surface area is 89.7 Å². The maximum Gasteiger partial charge on any atom is 0.0481 e. The van der Waals surface area contributed by atoms with Crippen molar-refractivity contribution >= 4 is 11.6 Å². The van der Waals surface area contributed by atoms with Crippen LogP contribution < -0.4 is 0 Å². The van der Waals surface area contributed by atoms with Gasteiger partial charge in [0.1, 0.15) is 0 Å². The quantitative estimate of drug-likeness (QED) is 0.607. The average molecular weight is 195 g/mol. The number of hydrogen-bond donors (Lipinski definition) is 0. The van der Waals surface area contributed by atoms with Crippen molar-refractivity contribution in [1.82, 2.24) is 4.57 Å². The Balaban J connectivity index is 2.25. The Morgan fingerprint density at radius 3 is 2.87 bits per heavy atom. The van der Waals surface area contributed by atoms with Gasteiger partial charge in [-0.05, 0) is 41.8 Å². The van der Waals surface area contributed by atoms with E-state index in [2.05, 4.69) is 60.2 Å². The van der Waals surface area contributed by atoms with Gasteiger partial charge in [-0.2, -0.15) is 0 Å². The molecule has 0 saturated heterocycles. The third-order valence-corrected chi connectivity index (χ3v) is 3.00. The van der Waals surface area contributed by atoms with Crippen LogP contribution in [0.25, 0.3) is 11.6 Å². The van der Waals surface area contributed by atoms with Gasteiger partial charge in [0.25, 0.3) is 0 Å². The third-order valence-electron chi connectivity index (χ3n) is 3.00. The molecule has 3 rings (SSSR count). The first-order valence-electron chi connectivity index (χ1n) is 5.26. The smallest absolute Gasteiger partial charge is 0.0481 e. The van der Waals surface area contributed by atoms with Gasteiger partial charge in [0.2, 0.25) is 0 Å². The van der Waals surface area contributed by atoms with Crippen LogP contribution in [0.4, 0.5) is 0 Å². The lowest BCUT2D eigenvalue weighted by molar-refractivity contribution is 0.796. The van der Waals surface area contributed by atoms with Gasteiger partial charge >= 0.3 is 0 Å². The summed E-state index contributed by atoms with van der Waals surface area (Å²) in [6.07, 6.45) is 4.42. The fourth-order valence-electron chi connectivity index (χ4n) is 2.22. The number of nitrogens with zero attached hydrogens (tertiary/aromatic N) is 1. The summed E-state index contributed by atoms with van der Waals surface area (Å²) in [6.45, 7) is 3.15. The second kappa shape index (κ2) is 3.13. The third kappa shape index (κ3) is 1.32. The molecule has 1 heteroatoms. The molecule has 15 heavy (non-hydrogen) atoms. The Morgan fingerprint density at radius 2 is 1.93 bits per heavy atom. The van der Waals surface area contributed by atoms with E-state index >= 15 is 0 Å². The zero-order chi connectivity index (χ0) is 10.3. The fraction of sp³-hybridized carbons (Fsp3) is 0.143. The van der Waals surface area contributed by atoms with Gasteiger partial charge in [-0.15, -0.1) is 0 Å². The van der Waals surface area contributed by atoms with Crippen molar-refractivity contribution in [2.24, 2.45) is 0 Å². The molecule has 1 aliphatic rings. The van der Waals surface area contributed by atoms with Gasteiger partial charge in [-0.25, -0.2) is 0 Å². The van der Waals surface area contributed by atoms with Gasteiger partial charge in [-0.1, -0.05) is 24.3 Å². The van der Waals surface area contributed by atoms with Crippen molar-refractivity contribution in [3.05, 3.63) is 59.4 Å². The molecule has 0 amide bonds.